The van der Waals surface area contributed by atoms with E-state index < -0.39 is 0 Å². The Hall–Kier alpha value is 0.950. The molecular weight excluding hydrogens is 195 g/mol. The second-order valence-electron chi connectivity index (χ2n) is 1.38. The quantitative estimate of drug-likeness (QED) is 0.241. The number of halogens is 1. The molecule has 4 heteroatoms. The Kier molecular flexibility index (Phi) is 12.5. The molecule has 0 spiro atoms. The number of rotatable bonds is 3. The van der Waals surface area contributed by atoms with E-state index in [2.05, 4.69) is 20.7 Å². The minimum absolute atomic E-state index is 0. The number of alkyl halides is 1. The second-order valence-corrected chi connectivity index (χ2v) is 2.18. The molecule has 0 radical (unpaired) electrons. The van der Waals surface area contributed by atoms with Crippen molar-refractivity contribution in [3.8, 4) is 0 Å². The largest absolute Gasteiger partial charge is 1.00 e. The van der Waals surface area contributed by atoms with Gasteiger partial charge in [-0.1, -0.05) is 15.9 Å². The molecule has 0 saturated carbocycles. The monoisotopic (exact) mass is 204 g/mol. The van der Waals surface area contributed by atoms with E-state index in [0.717, 1.165) is 11.8 Å². The maximum absolute atomic E-state index is 10.1. The van der Waals surface area contributed by atoms with Crippen molar-refractivity contribution in [2.75, 3.05) is 11.9 Å². The Bertz CT molecular complexity index is 82.0. The molecule has 0 N–H and O–H groups in total. The average molecular weight is 205 g/mol. The number of esters is 1. The van der Waals surface area contributed by atoms with Crippen molar-refractivity contribution in [2.24, 2.45) is 0 Å². The third-order valence-corrected chi connectivity index (χ3v) is 1.14. The zero-order valence-corrected chi connectivity index (χ0v) is 9.40. The van der Waals surface area contributed by atoms with E-state index in [0.29, 0.717) is 6.61 Å². The van der Waals surface area contributed by atoms with Gasteiger partial charge in [-0.25, -0.2) is 0 Å². The second kappa shape index (κ2) is 8.95. The Labute approximate surface area is 87.2 Å². The molecule has 0 aliphatic heterocycles. The summed E-state index contributed by atoms with van der Waals surface area (Å²) < 4.78 is 4.61. The minimum Gasteiger partial charge on any atom is -1.00 e. The molecular formula is C5H10BrNaO2. The van der Waals surface area contributed by atoms with Crippen molar-refractivity contribution in [2.45, 2.75) is 13.3 Å². The predicted molar refractivity (Wildman–Crippen MR) is 36.2 cm³/mol. The SMILES string of the molecule is CC(=O)OCCCBr.[H-].[Na+]. The fraction of sp³-hybridized carbons (Fsp3) is 0.800. The number of hydrogen-bond acceptors (Lipinski definition) is 2. The molecule has 0 unspecified atom stereocenters. The van der Waals surface area contributed by atoms with Gasteiger partial charge in [0.1, 0.15) is 0 Å². The van der Waals surface area contributed by atoms with Crippen molar-refractivity contribution in [1.82, 2.24) is 0 Å². The number of carbonyl (C=O) groups is 1. The van der Waals surface area contributed by atoms with Crippen LogP contribution in [0.1, 0.15) is 14.8 Å². The first kappa shape index (κ1) is 12.6. The van der Waals surface area contributed by atoms with Gasteiger partial charge in [0.25, 0.3) is 0 Å². The van der Waals surface area contributed by atoms with Gasteiger partial charge in [0.15, 0.2) is 0 Å². The molecule has 50 valence electrons. The first-order chi connectivity index (χ1) is 3.77. The summed E-state index contributed by atoms with van der Waals surface area (Å²) in [6, 6.07) is 0. The Morgan fingerprint density at radius 3 is 2.67 bits per heavy atom. The predicted octanol–water partition coefficient (Wildman–Crippen LogP) is -1.55. The third kappa shape index (κ3) is 12.2. The van der Waals surface area contributed by atoms with Crippen LogP contribution in [-0.2, 0) is 9.53 Å². The van der Waals surface area contributed by atoms with Gasteiger partial charge < -0.3 is 6.16 Å². The third-order valence-electron chi connectivity index (χ3n) is 0.583. The summed E-state index contributed by atoms with van der Waals surface area (Å²) in [5, 5.41) is 0.889. The van der Waals surface area contributed by atoms with E-state index >= 15 is 0 Å². The standard InChI is InChI=1S/C5H9BrO2.Na.H/c1-5(7)8-4-2-3-6;;/h2-4H2,1H3;;/q;+1;-1. The summed E-state index contributed by atoms with van der Waals surface area (Å²) in [4.78, 5) is 10.1. The van der Waals surface area contributed by atoms with Crippen LogP contribution in [0, 0.1) is 0 Å². The van der Waals surface area contributed by atoms with E-state index in [1.165, 1.54) is 6.92 Å². The van der Waals surface area contributed by atoms with Gasteiger partial charge in [-0.3, -0.25) is 4.79 Å². The summed E-state index contributed by atoms with van der Waals surface area (Å²) in [5.41, 5.74) is 0. The van der Waals surface area contributed by atoms with Gasteiger partial charge in [-0.05, 0) is 6.42 Å². The van der Waals surface area contributed by atoms with Crippen LogP contribution < -0.4 is 29.6 Å². The first-order valence-electron chi connectivity index (χ1n) is 2.46. The van der Waals surface area contributed by atoms with Gasteiger partial charge in [-0.15, -0.1) is 0 Å². The maximum Gasteiger partial charge on any atom is 1.00 e. The van der Waals surface area contributed by atoms with Crippen LogP contribution in [0.15, 0.2) is 0 Å². The van der Waals surface area contributed by atoms with Crippen LogP contribution >= 0.6 is 15.9 Å². The van der Waals surface area contributed by atoms with E-state index in [-0.39, 0.29) is 37.0 Å². The molecule has 9 heavy (non-hydrogen) atoms. The number of ether oxygens (including phenoxy) is 1. The van der Waals surface area contributed by atoms with Crippen molar-refractivity contribution in [1.29, 1.82) is 0 Å². The minimum atomic E-state index is -0.203. The molecule has 0 aromatic heterocycles. The van der Waals surface area contributed by atoms with Crippen molar-refractivity contribution in [3.63, 3.8) is 0 Å². The molecule has 0 heterocycles. The summed E-state index contributed by atoms with van der Waals surface area (Å²) in [6.07, 6.45) is 0.888. The maximum atomic E-state index is 10.1. The molecule has 0 fully saturated rings. The van der Waals surface area contributed by atoms with Crippen LogP contribution in [-0.4, -0.2) is 17.9 Å². The summed E-state index contributed by atoms with van der Waals surface area (Å²) in [7, 11) is 0. The molecule has 0 aliphatic carbocycles. The smallest absolute Gasteiger partial charge is 1.00 e. The number of hydrogen-bond donors (Lipinski definition) is 0. The van der Waals surface area contributed by atoms with Crippen LogP contribution in [0.2, 0.25) is 0 Å². The molecule has 0 aromatic rings. The molecule has 0 rings (SSSR count). The van der Waals surface area contributed by atoms with Crippen molar-refractivity contribution >= 4 is 21.9 Å². The molecule has 2 nitrogen and oxygen atoms in total. The van der Waals surface area contributed by atoms with Gasteiger partial charge in [0.2, 0.25) is 0 Å². The summed E-state index contributed by atoms with van der Waals surface area (Å²) in [6.45, 7) is 1.94. The topological polar surface area (TPSA) is 26.3 Å². The van der Waals surface area contributed by atoms with Crippen LogP contribution in [0.4, 0.5) is 0 Å². The van der Waals surface area contributed by atoms with Crippen molar-refractivity contribution in [3.05, 3.63) is 0 Å². The van der Waals surface area contributed by atoms with Gasteiger partial charge in [0, 0.05) is 12.3 Å². The van der Waals surface area contributed by atoms with Crippen LogP contribution in [0.5, 0.6) is 0 Å². The Morgan fingerprint density at radius 1 is 1.78 bits per heavy atom. The Morgan fingerprint density at radius 2 is 2.33 bits per heavy atom. The molecule has 0 aliphatic rings. The van der Waals surface area contributed by atoms with Gasteiger partial charge >= 0.3 is 35.5 Å². The van der Waals surface area contributed by atoms with Crippen LogP contribution in [0.3, 0.4) is 0 Å². The molecule has 0 atom stereocenters. The van der Waals surface area contributed by atoms with Gasteiger partial charge in [0.05, 0.1) is 6.61 Å². The summed E-state index contributed by atoms with van der Waals surface area (Å²) in [5.74, 6) is -0.203. The first-order valence-corrected chi connectivity index (χ1v) is 3.59. The molecule has 0 amide bonds. The fourth-order valence-corrected chi connectivity index (χ4v) is 0.499. The molecule has 0 aromatic carbocycles. The average Bonchev–Trinajstić information content (AvgIpc) is 1.66. The van der Waals surface area contributed by atoms with E-state index in [1.807, 2.05) is 0 Å². The fourth-order valence-electron chi connectivity index (χ4n) is 0.270. The van der Waals surface area contributed by atoms with E-state index in [1.54, 1.807) is 0 Å². The van der Waals surface area contributed by atoms with Crippen molar-refractivity contribution < 1.29 is 40.5 Å². The molecule has 0 saturated heterocycles. The van der Waals surface area contributed by atoms with Gasteiger partial charge in [-0.2, -0.15) is 0 Å². The van der Waals surface area contributed by atoms with E-state index in [4.69, 9.17) is 0 Å². The summed E-state index contributed by atoms with van der Waals surface area (Å²) >= 11 is 3.21. The van der Waals surface area contributed by atoms with E-state index in [9.17, 15) is 4.79 Å². The number of carbonyl (C=O) groups excluding carboxylic acids is 1. The normalized spacial score (nSPS) is 7.78. The Balaban J connectivity index is -0.000000245. The molecule has 0 bridgehead atoms. The zero-order valence-electron chi connectivity index (χ0n) is 6.82. The zero-order chi connectivity index (χ0) is 6.41. The van der Waals surface area contributed by atoms with Crippen LogP contribution in [0.25, 0.3) is 0 Å².